The second-order valence-corrected chi connectivity index (χ2v) is 8.25. The normalized spacial score (nSPS) is 22.0. The molecule has 0 unspecified atom stereocenters. The molecular formula is C24H30FN3O2. The monoisotopic (exact) mass is 411 g/mol. The highest BCUT2D eigenvalue weighted by Crippen LogP contribution is 2.28. The first kappa shape index (κ1) is 20.7. The number of amides is 1. The third kappa shape index (κ3) is 4.93. The lowest BCUT2D eigenvalue weighted by atomic mass is 10.1. The van der Waals surface area contributed by atoms with Crippen LogP contribution in [0.25, 0.3) is 0 Å². The Kier molecular flexibility index (Phi) is 6.53. The summed E-state index contributed by atoms with van der Waals surface area (Å²) in [5.41, 5.74) is 2.24. The topological polar surface area (TPSA) is 44.8 Å². The first-order valence-corrected chi connectivity index (χ1v) is 10.8. The van der Waals surface area contributed by atoms with E-state index in [2.05, 4.69) is 29.4 Å². The van der Waals surface area contributed by atoms with Crippen molar-refractivity contribution in [2.24, 2.45) is 0 Å². The number of halogens is 1. The second kappa shape index (κ2) is 9.47. The molecule has 0 saturated carbocycles. The number of fused-ring (bicyclic) bond motifs is 3. The van der Waals surface area contributed by atoms with Crippen LogP contribution in [0.15, 0.2) is 48.5 Å². The smallest absolute Gasteiger partial charge is 0.226 e. The first-order valence-electron chi connectivity index (χ1n) is 10.8. The largest absolute Gasteiger partial charge is 0.493 e. The Morgan fingerprint density at radius 1 is 1.13 bits per heavy atom. The minimum Gasteiger partial charge on any atom is -0.493 e. The maximum Gasteiger partial charge on any atom is 0.226 e. The van der Waals surface area contributed by atoms with Crippen molar-refractivity contribution in [3.05, 3.63) is 59.9 Å². The number of likely N-dealkylation sites (N-methyl/N-ethyl adjacent to an activating group) is 1. The van der Waals surface area contributed by atoms with E-state index in [0.29, 0.717) is 24.4 Å². The van der Waals surface area contributed by atoms with E-state index in [-0.39, 0.29) is 24.8 Å². The number of anilines is 1. The lowest BCUT2D eigenvalue weighted by Gasteiger charge is -2.31. The summed E-state index contributed by atoms with van der Waals surface area (Å²) in [6, 6.07) is 15.2. The number of carbonyl (C=O) groups excluding carboxylic acids is 1. The van der Waals surface area contributed by atoms with Crippen LogP contribution < -0.4 is 10.1 Å². The number of carbonyl (C=O) groups is 1. The van der Waals surface area contributed by atoms with Gasteiger partial charge in [0, 0.05) is 43.5 Å². The van der Waals surface area contributed by atoms with Crippen LogP contribution in [0, 0.1) is 5.82 Å². The molecule has 0 aliphatic carbocycles. The molecule has 4 rings (SSSR count). The molecule has 2 aliphatic rings. The Labute approximate surface area is 177 Å². The molecular weight excluding hydrogens is 381 g/mol. The zero-order chi connectivity index (χ0) is 20.9. The van der Waals surface area contributed by atoms with Gasteiger partial charge >= 0.3 is 0 Å². The summed E-state index contributed by atoms with van der Waals surface area (Å²) in [6.07, 6.45) is 3.67. The fourth-order valence-electron chi connectivity index (χ4n) is 4.55. The summed E-state index contributed by atoms with van der Waals surface area (Å²) in [5.74, 6) is 0.180. The number of nitrogens with zero attached hydrogens (tertiary/aromatic N) is 2. The van der Waals surface area contributed by atoms with Gasteiger partial charge in [-0.3, -0.25) is 9.69 Å². The molecule has 30 heavy (non-hydrogen) atoms. The average molecular weight is 412 g/mol. The van der Waals surface area contributed by atoms with Gasteiger partial charge in [0.25, 0.3) is 0 Å². The van der Waals surface area contributed by atoms with Gasteiger partial charge < -0.3 is 15.0 Å². The molecule has 0 aromatic heterocycles. The molecule has 2 atom stereocenters. The predicted octanol–water partition coefficient (Wildman–Crippen LogP) is 3.90. The van der Waals surface area contributed by atoms with E-state index in [4.69, 9.17) is 4.74 Å². The highest BCUT2D eigenvalue weighted by Gasteiger charge is 2.33. The van der Waals surface area contributed by atoms with Gasteiger partial charge in [0.2, 0.25) is 5.91 Å². The molecule has 5 nitrogen and oxygen atoms in total. The van der Waals surface area contributed by atoms with E-state index in [9.17, 15) is 9.18 Å². The number of para-hydroxylation sites is 1. The molecule has 0 spiro atoms. The van der Waals surface area contributed by atoms with Gasteiger partial charge in [-0.1, -0.05) is 24.3 Å². The van der Waals surface area contributed by atoms with E-state index in [1.807, 2.05) is 17.0 Å². The summed E-state index contributed by atoms with van der Waals surface area (Å²) in [7, 11) is 2.18. The lowest BCUT2D eigenvalue weighted by molar-refractivity contribution is -0.133. The number of nitrogens with one attached hydrogen (secondary N) is 1. The fraction of sp³-hybridized carbons (Fsp3) is 0.458. The summed E-state index contributed by atoms with van der Waals surface area (Å²) in [6.45, 7) is 2.48. The fourth-order valence-corrected chi connectivity index (χ4v) is 4.55. The quantitative estimate of drug-likeness (QED) is 0.829. The number of benzene rings is 2. The van der Waals surface area contributed by atoms with Gasteiger partial charge in [0.15, 0.2) is 0 Å². The summed E-state index contributed by atoms with van der Waals surface area (Å²) in [5, 5.41) is 3.57. The Morgan fingerprint density at radius 2 is 1.97 bits per heavy atom. The van der Waals surface area contributed by atoms with Crippen molar-refractivity contribution in [2.45, 2.75) is 44.3 Å². The van der Waals surface area contributed by atoms with Crippen molar-refractivity contribution in [1.29, 1.82) is 0 Å². The molecule has 1 saturated heterocycles. The highest BCUT2D eigenvalue weighted by atomic mass is 19.1. The van der Waals surface area contributed by atoms with Gasteiger partial charge in [-0.25, -0.2) is 4.39 Å². The molecule has 2 aromatic carbocycles. The van der Waals surface area contributed by atoms with E-state index >= 15 is 0 Å². The first-order chi connectivity index (χ1) is 14.6. The van der Waals surface area contributed by atoms with Gasteiger partial charge in [-0.15, -0.1) is 0 Å². The van der Waals surface area contributed by atoms with E-state index in [0.717, 1.165) is 37.2 Å². The molecule has 2 heterocycles. The molecule has 6 heteroatoms. The van der Waals surface area contributed by atoms with Crippen molar-refractivity contribution in [2.75, 3.05) is 32.1 Å². The van der Waals surface area contributed by atoms with E-state index < -0.39 is 0 Å². The Morgan fingerprint density at radius 3 is 2.83 bits per heavy atom. The highest BCUT2D eigenvalue weighted by molar-refractivity contribution is 5.76. The van der Waals surface area contributed by atoms with Crippen LogP contribution in [0.2, 0.25) is 0 Å². The lowest BCUT2D eigenvalue weighted by Crippen LogP contribution is -2.43. The Hall–Kier alpha value is -2.60. The van der Waals surface area contributed by atoms with Gasteiger partial charge in [-0.2, -0.15) is 0 Å². The third-order valence-corrected chi connectivity index (χ3v) is 6.32. The van der Waals surface area contributed by atoms with Crippen LogP contribution in [0.4, 0.5) is 10.1 Å². The van der Waals surface area contributed by atoms with Crippen molar-refractivity contribution in [1.82, 2.24) is 9.80 Å². The Bertz CT molecular complexity index is 875. The number of hydrogen-bond donors (Lipinski definition) is 1. The van der Waals surface area contributed by atoms with Crippen LogP contribution in [-0.2, 0) is 11.3 Å². The van der Waals surface area contributed by atoms with Gasteiger partial charge in [0.1, 0.15) is 11.6 Å². The van der Waals surface area contributed by atoms with Gasteiger partial charge in [0.05, 0.1) is 13.0 Å². The number of rotatable bonds is 4. The molecule has 2 bridgehead atoms. The molecule has 2 aliphatic heterocycles. The van der Waals surface area contributed by atoms with E-state index in [1.165, 1.54) is 18.6 Å². The maximum atomic E-state index is 13.3. The standard InChI is InChI=1S/C24H30FN3O2/c1-27-20-9-10-21(27)17-28(16-18-5-2-3-8-23(18)26-13-11-20)24(29)12-14-30-22-7-4-6-19(25)15-22/h2-8,15,20-21,26H,9-14,16-17H2,1H3/t20-,21+/m0/s1. The Balaban J connectivity index is 1.46. The maximum absolute atomic E-state index is 13.3. The molecule has 2 aromatic rings. The van der Waals surface area contributed by atoms with Crippen LogP contribution in [0.5, 0.6) is 5.75 Å². The van der Waals surface area contributed by atoms with E-state index in [1.54, 1.807) is 12.1 Å². The predicted molar refractivity (Wildman–Crippen MR) is 116 cm³/mol. The minimum absolute atomic E-state index is 0.0669. The minimum atomic E-state index is -0.339. The number of hydrogen-bond acceptors (Lipinski definition) is 4. The number of ether oxygens (including phenoxy) is 1. The van der Waals surface area contributed by atoms with Crippen LogP contribution in [-0.4, -0.2) is 54.5 Å². The summed E-state index contributed by atoms with van der Waals surface area (Å²) in [4.78, 5) is 17.5. The molecule has 1 N–H and O–H groups in total. The zero-order valence-corrected chi connectivity index (χ0v) is 17.5. The van der Waals surface area contributed by atoms with Crippen LogP contribution in [0.1, 0.15) is 31.2 Å². The van der Waals surface area contributed by atoms with Crippen LogP contribution >= 0.6 is 0 Å². The van der Waals surface area contributed by atoms with Crippen molar-refractivity contribution >= 4 is 11.6 Å². The summed E-state index contributed by atoms with van der Waals surface area (Å²) < 4.78 is 18.9. The van der Waals surface area contributed by atoms with Crippen molar-refractivity contribution < 1.29 is 13.9 Å². The van der Waals surface area contributed by atoms with Gasteiger partial charge in [-0.05, 0) is 50.1 Å². The molecule has 160 valence electrons. The molecule has 1 amide bonds. The SMILES string of the molecule is CN1[C@@H]2CCNc3ccccc3CN(C(=O)CCOc3cccc(F)c3)C[C@H]1CC2. The zero-order valence-electron chi connectivity index (χ0n) is 17.5. The molecule has 0 radical (unpaired) electrons. The second-order valence-electron chi connectivity index (χ2n) is 8.25. The van der Waals surface area contributed by atoms with Crippen molar-refractivity contribution in [3.63, 3.8) is 0 Å². The van der Waals surface area contributed by atoms with Crippen LogP contribution in [0.3, 0.4) is 0 Å². The summed E-state index contributed by atoms with van der Waals surface area (Å²) >= 11 is 0. The van der Waals surface area contributed by atoms with Crippen molar-refractivity contribution in [3.8, 4) is 5.75 Å². The average Bonchev–Trinajstić information content (AvgIpc) is 3.06. The molecule has 1 fully saturated rings. The third-order valence-electron chi connectivity index (χ3n) is 6.32.